The lowest BCUT2D eigenvalue weighted by molar-refractivity contribution is 0.169. The smallest absolute Gasteiger partial charge is 0.194 e. The van der Waals surface area contributed by atoms with Crippen molar-refractivity contribution in [2.75, 3.05) is 39.3 Å². The molecule has 1 aliphatic rings. The zero-order valence-electron chi connectivity index (χ0n) is 16.7. The average molecular weight is 509 g/mol. The Morgan fingerprint density at radius 2 is 2.03 bits per heavy atom. The number of aliphatic imine (C=N–C) groups is 1. The van der Waals surface area contributed by atoms with Gasteiger partial charge in [0.05, 0.1) is 11.4 Å². The van der Waals surface area contributed by atoms with Crippen molar-refractivity contribution in [2.24, 2.45) is 4.99 Å². The third-order valence-electron chi connectivity index (χ3n) is 4.93. The van der Waals surface area contributed by atoms with Gasteiger partial charge in [0, 0.05) is 70.7 Å². The first-order valence-electron chi connectivity index (χ1n) is 9.89. The molecule has 0 radical (unpaired) electrons. The first-order chi connectivity index (χ1) is 13.8. The van der Waals surface area contributed by atoms with Crippen LogP contribution in [-0.2, 0) is 13.0 Å². The number of pyridine rings is 1. The van der Waals surface area contributed by atoms with Gasteiger partial charge in [0.25, 0.3) is 0 Å². The van der Waals surface area contributed by atoms with E-state index in [0.29, 0.717) is 0 Å². The second kappa shape index (κ2) is 10.6. The second-order valence-corrected chi connectivity index (χ2v) is 6.94. The first-order valence-corrected chi connectivity index (χ1v) is 9.89. The number of nitrogens with zero attached hydrogens (tertiary/aromatic N) is 6. The van der Waals surface area contributed by atoms with Crippen LogP contribution in [0, 0.1) is 0 Å². The molecular formula is C20H28IN7O. The van der Waals surface area contributed by atoms with Crippen molar-refractivity contribution < 1.29 is 4.52 Å². The van der Waals surface area contributed by atoms with E-state index >= 15 is 0 Å². The van der Waals surface area contributed by atoms with Gasteiger partial charge in [-0.2, -0.15) is 0 Å². The summed E-state index contributed by atoms with van der Waals surface area (Å²) in [6.45, 7) is 8.44. The van der Waals surface area contributed by atoms with Gasteiger partial charge in [0.1, 0.15) is 11.9 Å². The van der Waals surface area contributed by atoms with Crippen LogP contribution in [0.1, 0.15) is 18.3 Å². The van der Waals surface area contributed by atoms with Crippen molar-refractivity contribution in [2.45, 2.75) is 19.9 Å². The molecule has 0 atom stereocenters. The Hall–Kier alpha value is -2.14. The highest BCUT2D eigenvalue weighted by Crippen LogP contribution is 2.08. The van der Waals surface area contributed by atoms with E-state index in [1.807, 2.05) is 30.5 Å². The van der Waals surface area contributed by atoms with E-state index in [1.165, 1.54) is 0 Å². The highest BCUT2D eigenvalue weighted by Gasteiger charge is 2.20. The van der Waals surface area contributed by atoms with Gasteiger partial charge in [-0.05, 0) is 19.1 Å². The minimum atomic E-state index is 0. The molecule has 4 heterocycles. The number of hydrogen-bond donors (Lipinski definition) is 1. The van der Waals surface area contributed by atoms with E-state index in [-0.39, 0.29) is 24.0 Å². The molecule has 29 heavy (non-hydrogen) atoms. The SMILES string of the molecule is CCNC(=NCCc1cn2ccccc2n1)N1CCN(Cc2ccon2)CC1.I. The molecule has 156 valence electrons. The molecule has 1 fully saturated rings. The van der Waals surface area contributed by atoms with Gasteiger partial charge >= 0.3 is 0 Å². The molecule has 3 aromatic heterocycles. The molecule has 1 N–H and O–H groups in total. The normalized spacial score (nSPS) is 15.5. The van der Waals surface area contributed by atoms with Crippen LogP contribution >= 0.6 is 24.0 Å². The molecular weight excluding hydrogens is 481 g/mol. The van der Waals surface area contributed by atoms with Gasteiger partial charge in [0.2, 0.25) is 0 Å². The number of aromatic nitrogens is 3. The summed E-state index contributed by atoms with van der Waals surface area (Å²) in [7, 11) is 0. The van der Waals surface area contributed by atoms with E-state index in [9.17, 15) is 0 Å². The van der Waals surface area contributed by atoms with Crippen molar-refractivity contribution >= 4 is 35.6 Å². The van der Waals surface area contributed by atoms with Crippen LogP contribution in [0.5, 0.6) is 0 Å². The van der Waals surface area contributed by atoms with Gasteiger partial charge < -0.3 is 19.1 Å². The Morgan fingerprint density at radius 1 is 1.17 bits per heavy atom. The van der Waals surface area contributed by atoms with Crippen LogP contribution in [0.25, 0.3) is 5.65 Å². The molecule has 1 aliphatic heterocycles. The monoisotopic (exact) mass is 509 g/mol. The zero-order chi connectivity index (χ0) is 19.2. The van der Waals surface area contributed by atoms with Gasteiger partial charge in [-0.15, -0.1) is 24.0 Å². The summed E-state index contributed by atoms with van der Waals surface area (Å²) in [5.41, 5.74) is 3.04. The van der Waals surface area contributed by atoms with E-state index < -0.39 is 0 Å². The Bertz CT molecular complexity index is 868. The number of rotatable bonds is 6. The van der Waals surface area contributed by atoms with E-state index in [1.54, 1.807) is 6.26 Å². The number of imidazole rings is 1. The van der Waals surface area contributed by atoms with Crippen LogP contribution in [0.2, 0.25) is 0 Å². The topological polar surface area (TPSA) is 74.2 Å². The minimum Gasteiger partial charge on any atom is -0.364 e. The second-order valence-electron chi connectivity index (χ2n) is 6.94. The Labute approximate surface area is 188 Å². The number of piperazine rings is 1. The van der Waals surface area contributed by atoms with Crippen LogP contribution < -0.4 is 5.32 Å². The fraction of sp³-hybridized carbons (Fsp3) is 0.450. The average Bonchev–Trinajstić information content (AvgIpc) is 3.37. The first kappa shape index (κ1) is 21.6. The maximum absolute atomic E-state index is 4.92. The van der Waals surface area contributed by atoms with Gasteiger partial charge in [-0.1, -0.05) is 11.2 Å². The maximum Gasteiger partial charge on any atom is 0.194 e. The highest BCUT2D eigenvalue weighted by atomic mass is 127. The number of halogens is 1. The largest absolute Gasteiger partial charge is 0.364 e. The predicted molar refractivity (Wildman–Crippen MR) is 124 cm³/mol. The summed E-state index contributed by atoms with van der Waals surface area (Å²) in [6, 6.07) is 7.98. The molecule has 8 nitrogen and oxygen atoms in total. The Kier molecular flexibility index (Phi) is 7.87. The van der Waals surface area contributed by atoms with Crippen LogP contribution in [0.4, 0.5) is 0 Å². The Morgan fingerprint density at radius 3 is 2.76 bits per heavy atom. The number of nitrogens with one attached hydrogen (secondary N) is 1. The summed E-state index contributed by atoms with van der Waals surface area (Å²) in [5, 5.41) is 7.43. The van der Waals surface area contributed by atoms with Crippen molar-refractivity contribution in [3.05, 3.63) is 54.3 Å². The number of guanidine groups is 1. The van der Waals surface area contributed by atoms with Crippen molar-refractivity contribution in [1.29, 1.82) is 0 Å². The summed E-state index contributed by atoms with van der Waals surface area (Å²) < 4.78 is 6.98. The molecule has 0 aliphatic carbocycles. The molecule has 1 saturated heterocycles. The molecule has 0 saturated carbocycles. The summed E-state index contributed by atoms with van der Waals surface area (Å²) in [5.74, 6) is 0.993. The van der Waals surface area contributed by atoms with E-state index in [0.717, 1.165) is 75.2 Å². The lowest BCUT2D eigenvalue weighted by Gasteiger charge is -2.36. The fourth-order valence-corrected chi connectivity index (χ4v) is 3.48. The van der Waals surface area contributed by atoms with Crippen molar-refractivity contribution in [1.82, 2.24) is 29.7 Å². The Balaban J connectivity index is 0.00000240. The van der Waals surface area contributed by atoms with Gasteiger partial charge in [-0.3, -0.25) is 9.89 Å². The molecule has 4 rings (SSSR count). The maximum atomic E-state index is 4.92. The lowest BCUT2D eigenvalue weighted by atomic mass is 10.3. The number of fused-ring (bicyclic) bond motifs is 1. The molecule has 0 amide bonds. The van der Waals surface area contributed by atoms with Gasteiger partial charge in [-0.25, -0.2) is 4.98 Å². The van der Waals surface area contributed by atoms with Crippen LogP contribution in [-0.4, -0.2) is 69.6 Å². The predicted octanol–water partition coefficient (Wildman–Crippen LogP) is 2.27. The molecule has 0 bridgehead atoms. The lowest BCUT2D eigenvalue weighted by Crippen LogP contribution is -2.52. The third kappa shape index (κ3) is 5.69. The van der Waals surface area contributed by atoms with Crippen LogP contribution in [0.3, 0.4) is 0 Å². The van der Waals surface area contributed by atoms with E-state index in [2.05, 4.69) is 42.8 Å². The van der Waals surface area contributed by atoms with Crippen molar-refractivity contribution in [3.8, 4) is 0 Å². The molecule has 3 aromatic rings. The van der Waals surface area contributed by atoms with E-state index in [4.69, 9.17) is 9.52 Å². The summed E-state index contributed by atoms with van der Waals surface area (Å²) >= 11 is 0. The van der Waals surface area contributed by atoms with Crippen molar-refractivity contribution in [3.63, 3.8) is 0 Å². The molecule has 0 spiro atoms. The number of hydrogen-bond acceptors (Lipinski definition) is 5. The summed E-state index contributed by atoms with van der Waals surface area (Å²) in [4.78, 5) is 14.2. The van der Waals surface area contributed by atoms with Crippen LogP contribution in [0.15, 0.2) is 52.4 Å². The molecule has 0 unspecified atom stereocenters. The quantitative estimate of drug-likeness (QED) is 0.312. The molecule has 0 aromatic carbocycles. The summed E-state index contributed by atoms with van der Waals surface area (Å²) in [6.07, 6.45) is 6.57. The zero-order valence-corrected chi connectivity index (χ0v) is 19.0. The standard InChI is InChI=1S/C20H27N7O.HI/c1-2-21-20(22-8-6-17-16-27-9-4-3-5-19(27)23-17)26-12-10-25(11-13-26)15-18-7-14-28-24-18;/h3-5,7,9,14,16H,2,6,8,10-13,15H2,1H3,(H,21,22);1H. The fourth-order valence-electron chi connectivity index (χ4n) is 3.48. The van der Waals surface area contributed by atoms with Gasteiger partial charge in [0.15, 0.2) is 5.96 Å². The molecule has 9 heteroatoms. The highest BCUT2D eigenvalue weighted by molar-refractivity contribution is 14.0. The third-order valence-corrected chi connectivity index (χ3v) is 4.93. The minimum absolute atomic E-state index is 0.